The molecular formula is C8H8Br2N2O4. The molecule has 0 saturated carbocycles. The summed E-state index contributed by atoms with van der Waals surface area (Å²) in [7, 11) is 0. The first-order valence-corrected chi connectivity index (χ1v) is 5.35. The molecule has 0 bridgehead atoms. The molecule has 6 nitrogen and oxygen atoms in total. The third-order valence-corrected chi connectivity index (χ3v) is 2.61. The summed E-state index contributed by atoms with van der Waals surface area (Å²) in [5, 5.41) is 14.8. The number of carboxylic acids is 2. The molecular weight excluding hydrogens is 348 g/mol. The van der Waals surface area contributed by atoms with Crippen molar-refractivity contribution in [3.8, 4) is 0 Å². The van der Waals surface area contributed by atoms with Gasteiger partial charge in [0.15, 0.2) is 0 Å². The number of hydrogen-bond donors (Lipinski definition) is 4. The predicted octanol–water partition coefficient (Wildman–Crippen LogP) is 1.65. The van der Waals surface area contributed by atoms with Crippen LogP contribution in [-0.2, 0) is 9.59 Å². The van der Waals surface area contributed by atoms with Gasteiger partial charge in [0.25, 0.3) is 0 Å². The van der Waals surface area contributed by atoms with Gasteiger partial charge in [-0.3, -0.25) is 5.84 Å². The molecule has 1 rings (SSSR count). The molecule has 1 aromatic rings. The molecule has 88 valence electrons. The highest BCUT2D eigenvalue weighted by molar-refractivity contribution is 9.11. The molecule has 0 aromatic heterocycles. The average Bonchev–Trinajstić information content (AvgIpc) is 2.18. The van der Waals surface area contributed by atoms with E-state index in [9.17, 15) is 0 Å². The van der Waals surface area contributed by atoms with E-state index in [2.05, 4.69) is 37.3 Å². The second kappa shape index (κ2) is 7.20. The van der Waals surface area contributed by atoms with Crippen LogP contribution < -0.4 is 11.3 Å². The highest BCUT2D eigenvalue weighted by Crippen LogP contribution is 2.29. The molecule has 0 aliphatic heterocycles. The van der Waals surface area contributed by atoms with Gasteiger partial charge in [-0.1, -0.05) is 6.07 Å². The highest BCUT2D eigenvalue weighted by Gasteiger charge is 2.04. The number of carboxylic acid groups (broad SMARTS) is 2. The third-order valence-electron chi connectivity index (χ3n) is 1.29. The number of aliphatic carboxylic acids is 2. The van der Waals surface area contributed by atoms with Gasteiger partial charge < -0.3 is 15.6 Å². The Morgan fingerprint density at radius 3 is 1.69 bits per heavy atom. The summed E-state index contributed by atoms with van der Waals surface area (Å²) in [5.74, 6) is 1.59. The van der Waals surface area contributed by atoms with Crippen molar-refractivity contribution in [3.63, 3.8) is 0 Å². The van der Waals surface area contributed by atoms with Crippen molar-refractivity contribution in [2.45, 2.75) is 0 Å². The Balaban J connectivity index is 0.000000325. The Labute approximate surface area is 108 Å². The molecule has 0 aliphatic carbocycles. The van der Waals surface area contributed by atoms with Crippen molar-refractivity contribution in [2.24, 2.45) is 5.84 Å². The zero-order chi connectivity index (χ0) is 12.7. The monoisotopic (exact) mass is 354 g/mol. The predicted molar refractivity (Wildman–Crippen MR) is 64.9 cm³/mol. The van der Waals surface area contributed by atoms with Crippen LogP contribution in [0.4, 0.5) is 5.69 Å². The van der Waals surface area contributed by atoms with Crippen LogP contribution in [-0.4, -0.2) is 22.2 Å². The second-order valence-corrected chi connectivity index (χ2v) is 4.06. The van der Waals surface area contributed by atoms with Gasteiger partial charge in [-0.25, -0.2) is 9.59 Å². The topological polar surface area (TPSA) is 113 Å². The van der Waals surface area contributed by atoms with Crippen LogP contribution >= 0.6 is 31.9 Å². The minimum atomic E-state index is -1.82. The molecule has 0 amide bonds. The Morgan fingerprint density at radius 2 is 1.50 bits per heavy atom. The van der Waals surface area contributed by atoms with Gasteiger partial charge in [0.2, 0.25) is 0 Å². The van der Waals surface area contributed by atoms with E-state index >= 15 is 0 Å². The molecule has 0 heterocycles. The Morgan fingerprint density at radius 1 is 1.12 bits per heavy atom. The Bertz CT molecular complexity index is 365. The van der Waals surface area contributed by atoms with E-state index in [4.69, 9.17) is 25.6 Å². The van der Waals surface area contributed by atoms with Gasteiger partial charge in [0, 0.05) is 8.95 Å². The lowest BCUT2D eigenvalue weighted by molar-refractivity contribution is -0.159. The fourth-order valence-corrected chi connectivity index (χ4v) is 1.86. The first kappa shape index (κ1) is 14.9. The number of rotatable bonds is 1. The maximum atomic E-state index is 9.10. The quantitative estimate of drug-likeness (QED) is 0.346. The number of carbonyl (C=O) groups is 2. The SMILES string of the molecule is NNc1c(Br)cccc1Br.O=C(O)C(=O)O. The summed E-state index contributed by atoms with van der Waals surface area (Å²) < 4.78 is 1.90. The van der Waals surface area contributed by atoms with Crippen molar-refractivity contribution in [3.05, 3.63) is 27.1 Å². The van der Waals surface area contributed by atoms with Gasteiger partial charge >= 0.3 is 11.9 Å². The number of nitrogens with one attached hydrogen (secondary N) is 1. The number of anilines is 1. The lowest BCUT2D eigenvalue weighted by atomic mass is 10.3. The van der Waals surface area contributed by atoms with Gasteiger partial charge in [0.1, 0.15) is 0 Å². The molecule has 16 heavy (non-hydrogen) atoms. The fraction of sp³-hybridized carbons (Fsp3) is 0. The van der Waals surface area contributed by atoms with Crippen LogP contribution in [0.1, 0.15) is 0 Å². The molecule has 0 fully saturated rings. The summed E-state index contributed by atoms with van der Waals surface area (Å²) in [5.41, 5.74) is 3.43. The number of benzene rings is 1. The van der Waals surface area contributed by atoms with Crippen LogP contribution in [0.5, 0.6) is 0 Å². The van der Waals surface area contributed by atoms with Crippen LogP contribution in [0, 0.1) is 0 Å². The smallest absolute Gasteiger partial charge is 0.414 e. The molecule has 0 saturated heterocycles. The van der Waals surface area contributed by atoms with Crippen LogP contribution in [0.15, 0.2) is 27.1 Å². The lowest BCUT2D eigenvalue weighted by Gasteiger charge is -2.03. The van der Waals surface area contributed by atoms with Gasteiger partial charge in [0.05, 0.1) is 5.69 Å². The van der Waals surface area contributed by atoms with Crippen LogP contribution in [0.2, 0.25) is 0 Å². The van der Waals surface area contributed by atoms with Gasteiger partial charge in [-0.2, -0.15) is 0 Å². The zero-order valence-electron chi connectivity index (χ0n) is 7.78. The lowest BCUT2D eigenvalue weighted by Crippen LogP contribution is -2.09. The summed E-state index contributed by atoms with van der Waals surface area (Å²) in [4.78, 5) is 18.2. The molecule has 1 aromatic carbocycles. The van der Waals surface area contributed by atoms with E-state index < -0.39 is 11.9 Å². The van der Waals surface area contributed by atoms with Crippen LogP contribution in [0.25, 0.3) is 0 Å². The first-order chi connectivity index (χ1) is 7.40. The number of nitrogen functional groups attached to an aromatic ring is 1. The fourth-order valence-electron chi connectivity index (χ4n) is 0.636. The normalized spacial score (nSPS) is 8.69. The maximum absolute atomic E-state index is 9.10. The summed E-state index contributed by atoms with van der Waals surface area (Å²) in [6, 6.07) is 5.76. The molecule has 0 atom stereocenters. The van der Waals surface area contributed by atoms with Crippen molar-refractivity contribution in [1.82, 2.24) is 0 Å². The standard InChI is InChI=1S/C6H6Br2N2.C2H2O4/c7-4-2-1-3-5(8)6(4)10-9;3-1(4)2(5)6/h1-3,10H,9H2;(H,3,4)(H,5,6). The number of hydrazine groups is 1. The number of halogens is 2. The van der Waals surface area contributed by atoms with E-state index in [1.165, 1.54) is 0 Å². The Hall–Kier alpha value is -1.12. The van der Waals surface area contributed by atoms with Crippen molar-refractivity contribution in [2.75, 3.05) is 5.43 Å². The minimum Gasteiger partial charge on any atom is -0.473 e. The molecule has 5 N–H and O–H groups in total. The number of hydrogen-bond acceptors (Lipinski definition) is 4. The molecule has 0 radical (unpaired) electrons. The van der Waals surface area contributed by atoms with Crippen LogP contribution in [0.3, 0.4) is 0 Å². The van der Waals surface area contributed by atoms with Gasteiger partial charge in [-0.15, -0.1) is 0 Å². The minimum absolute atomic E-state index is 0.863. The van der Waals surface area contributed by atoms with Gasteiger partial charge in [-0.05, 0) is 44.0 Å². The summed E-state index contributed by atoms with van der Waals surface area (Å²) in [6.07, 6.45) is 0. The molecule has 0 unspecified atom stereocenters. The van der Waals surface area contributed by atoms with E-state index in [-0.39, 0.29) is 0 Å². The average molecular weight is 356 g/mol. The third kappa shape index (κ3) is 5.10. The summed E-state index contributed by atoms with van der Waals surface area (Å²) >= 11 is 6.67. The van der Waals surface area contributed by atoms with E-state index in [1.807, 2.05) is 18.2 Å². The van der Waals surface area contributed by atoms with E-state index in [0.717, 1.165) is 14.6 Å². The second-order valence-electron chi connectivity index (χ2n) is 2.35. The zero-order valence-corrected chi connectivity index (χ0v) is 10.9. The highest BCUT2D eigenvalue weighted by atomic mass is 79.9. The van der Waals surface area contributed by atoms with Crippen molar-refractivity contribution >= 4 is 49.5 Å². The largest absolute Gasteiger partial charge is 0.473 e. The molecule has 0 aliphatic rings. The van der Waals surface area contributed by atoms with E-state index in [0.29, 0.717) is 0 Å². The number of para-hydroxylation sites is 1. The summed E-state index contributed by atoms with van der Waals surface area (Å²) in [6.45, 7) is 0. The van der Waals surface area contributed by atoms with E-state index in [1.54, 1.807) is 0 Å². The van der Waals surface area contributed by atoms with Crippen molar-refractivity contribution in [1.29, 1.82) is 0 Å². The molecule has 0 spiro atoms. The van der Waals surface area contributed by atoms with Crippen molar-refractivity contribution < 1.29 is 19.8 Å². The molecule has 8 heteroatoms. The maximum Gasteiger partial charge on any atom is 0.414 e. The number of nitrogens with two attached hydrogens (primary N) is 1. The first-order valence-electron chi connectivity index (χ1n) is 3.77. The Kier molecular flexibility index (Phi) is 6.70.